The lowest BCUT2D eigenvalue weighted by Gasteiger charge is -2.15. The number of carbonyl (C=O) groups is 3. The molecule has 0 bridgehead atoms. The first kappa shape index (κ1) is 17.4. The van der Waals surface area contributed by atoms with Crippen molar-refractivity contribution in [1.29, 1.82) is 0 Å². The molecule has 0 aromatic carbocycles. The van der Waals surface area contributed by atoms with Crippen LogP contribution < -0.4 is 10.6 Å². The first-order valence-corrected chi connectivity index (χ1v) is 6.23. The molecule has 3 N–H and O–H groups in total. The van der Waals surface area contributed by atoms with Crippen molar-refractivity contribution in [1.82, 2.24) is 10.6 Å². The number of hydrogen-bond donors (Lipinski definition) is 3. The Hall–Kier alpha value is -1.63. The lowest BCUT2D eigenvalue weighted by atomic mass is 10.1. The molecule has 0 aromatic rings. The summed E-state index contributed by atoms with van der Waals surface area (Å²) in [6.45, 7) is 3.96. The molecule has 0 spiro atoms. The lowest BCUT2D eigenvalue weighted by Crippen LogP contribution is -2.46. The van der Waals surface area contributed by atoms with E-state index in [1.165, 1.54) is 7.11 Å². The molecular weight excluding hydrogens is 252 g/mol. The van der Waals surface area contributed by atoms with Crippen molar-refractivity contribution in [3.63, 3.8) is 0 Å². The summed E-state index contributed by atoms with van der Waals surface area (Å²) in [5, 5.41) is 14.3. The fourth-order valence-electron chi connectivity index (χ4n) is 1.28. The smallest absolute Gasteiger partial charge is 0.326 e. The monoisotopic (exact) mass is 274 g/mol. The van der Waals surface area contributed by atoms with Gasteiger partial charge in [-0.25, -0.2) is 4.79 Å². The summed E-state index contributed by atoms with van der Waals surface area (Å²) in [5.74, 6) is -2.07. The van der Waals surface area contributed by atoms with E-state index < -0.39 is 23.9 Å². The van der Waals surface area contributed by atoms with E-state index in [9.17, 15) is 14.4 Å². The zero-order chi connectivity index (χ0) is 14.8. The maximum absolute atomic E-state index is 11.5. The third kappa shape index (κ3) is 8.15. The highest BCUT2D eigenvalue weighted by Crippen LogP contribution is 1.99. The molecule has 0 aliphatic rings. The molecule has 0 radical (unpaired) electrons. The van der Waals surface area contributed by atoms with E-state index in [4.69, 9.17) is 5.11 Å². The van der Waals surface area contributed by atoms with Crippen LogP contribution in [0.1, 0.15) is 33.1 Å². The van der Waals surface area contributed by atoms with Crippen LogP contribution in [-0.2, 0) is 19.1 Å². The molecule has 0 aliphatic carbocycles. The van der Waals surface area contributed by atoms with Crippen LogP contribution in [0.25, 0.3) is 0 Å². The van der Waals surface area contributed by atoms with Gasteiger partial charge in [-0.05, 0) is 19.8 Å². The average Bonchev–Trinajstić information content (AvgIpc) is 2.39. The van der Waals surface area contributed by atoms with Gasteiger partial charge in [0.25, 0.3) is 0 Å². The van der Waals surface area contributed by atoms with Gasteiger partial charge in [0.1, 0.15) is 6.04 Å². The number of nitrogens with one attached hydrogen (secondary N) is 2. The van der Waals surface area contributed by atoms with Crippen molar-refractivity contribution in [2.24, 2.45) is 0 Å². The average molecular weight is 274 g/mol. The van der Waals surface area contributed by atoms with Crippen molar-refractivity contribution in [2.75, 3.05) is 13.7 Å². The molecule has 0 saturated heterocycles. The zero-order valence-electron chi connectivity index (χ0n) is 11.6. The van der Waals surface area contributed by atoms with Gasteiger partial charge in [-0.15, -0.1) is 0 Å². The van der Waals surface area contributed by atoms with E-state index in [2.05, 4.69) is 15.4 Å². The highest BCUT2D eigenvalue weighted by atomic mass is 16.5. The van der Waals surface area contributed by atoms with Crippen molar-refractivity contribution in [2.45, 2.75) is 45.2 Å². The molecular formula is C12H22N2O5. The zero-order valence-corrected chi connectivity index (χ0v) is 11.6. The van der Waals surface area contributed by atoms with Gasteiger partial charge in [-0.2, -0.15) is 0 Å². The normalized spacial score (nSPS) is 13.4. The van der Waals surface area contributed by atoms with E-state index in [0.717, 1.165) is 6.42 Å². The van der Waals surface area contributed by atoms with Gasteiger partial charge >= 0.3 is 11.9 Å². The fraction of sp³-hybridized carbons (Fsp3) is 0.750. The predicted molar refractivity (Wildman–Crippen MR) is 68.6 cm³/mol. The minimum atomic E-state index is -1.17. The Kier molecular flexibility index (Phi) is 8.52. The van der Waals surface area contributed by atoms with Gasteiger partial charge < -0.3 is 20.5 Å². The number of rotatable bonds is 9. The molecule has 0 aromatic heterocycles. The lowest BCUT2D eigenvalue weighted by molar-refractivity contribution is -0.144. The Morgan fingerprint density at radius 1 is 1.32 bits per heavy atom. The fourth-order valence-corrected chi connectivity index (χ4v) is 1.28. The summed E-state index contributed by atoms with van der Waals surface area (Å²) < 4.78 is 4.42. The molecule has 110 valence electrons. The minimum Gasteiger partial charge on any atom is -0.480 e. The molecule has 7 heteroatoms. The molecule has 0 fully saturated rings. The number of aliphatic carboxylic acids is 1. The van der Waals surface area contributed by atoms with E-state index in [1.54, 1.807) is 0 Å². The van der Waals surface area contributed by atoms with Crippen molar-refractivity contribution in [3.8, 4) is 0 Å². The number of carboxylic acids is 1. The third-order valence-corrected chi connectivity index (χ3v) is 2.72. The van der Waals surface area contributed by atoms with Gasteiger partial charge in [0.15, 0.2) is 0 Å². The number of carboxylic acid groups (broad SMARTS) is 1. The number of hydrogen-bond acceptors (Lipinski definition) is 5. The highest BCUT2D eigenvalue weighted by Gasteiger charge is 2.21. The highest BCUT2D eigenvalue weighted by molar-refractivity contribution is 5.85. The summed E-state index contributed by atoms with van der Waals surface area (Å²) in [5.41, 5.74) is 0. The van der Waals surface area contributed by atoms with Gasteiger partial charge in [-0.3, -0.25) is 9.59 Å². The van der Waals surface area contributed by atoms with Gasteiger partial charge in [0.2, 0.25) is 5.91 Å². The van der Waals surface area contributed by atoms with Gasteiger partial charge in [0, 0.05) is 12.5 Å². The SMILES string of the molecule is CCC(C)NCC(=O)N[C@H](CCC(=O)OC)C(=O)O. The second kappa shape index (κ2) is 9.32. The third-order valence-electron chi connectivity index (χ3n) is 2.72. The van der Waals surface area contributed by atoms with Crippen LogP contribution in [0.2, 0.25) is 0 Å². The summed E-state index contributed by atoms with van der Waals surface area (Å²) in [7, 11) is 1.23. The quantitative estimate of drug-likeness (QED) is 0.507. The maximum atomic E-state index is 11.5. The second-order valence-electron chi connectivity index (χ2n) is 4.26. The number of methoxy groups -OCH3 is 1. The van der Waals surface area contributed by atoms with E-state index in [0.29, 0.717) is 0 Å². The van der Waals surface area contributed by atoms with Gasteiger partial charge in [0.05, 0.1) is 13.7 Å². The van der Waals surface area contributed by atoms with Crippen molar-refractivity contribution >= 4 is 17.8 Å². The minimum absolute atomic E-state index is 0.0110. The number of amides is 1. The Morgan fingerprint density at radius 2 is 1.95 bits per heavy atom. The first-order chi connectivity index (χ1) is 8.90. The predicted octanol–water partition coefficient (Wildman–Crippen LogP) is -0.103. The van der Waals surface area contributed by atoms with Gasteiger partial charge in [-0.1, -0.05) is 6.92 Å². The van der Waals surface area contributed by atoms with E-state index in [-0.39, 0.29) is 25.4 Å². The molecule has 7 nitrogen and oxygen atoms in total. The molecule has 0 heterocycles. The summed E-state index contributed by atoms with van der Waals surface area (Å²) >= 11 is 0. The Labute approximate surface area is 112 Å². The van der Waals surface area contributed by atoms with Crippen LogP contribution in [0.3, 0.4) is 0 Å². The molecule has 19 heavy (non-hydrogen) atoms. The number of carbonyl (C=O) groups excluding carboxylic acids is 2. The molecule has 1 unspecified atom stereocenters. The van der Waals surface area contributed by atoms with Crippen molar-refractivity contribution in [3.05, 3.63) is 0 Å². The summed E-state index contributed by atoms with van der Waals surface area (Å²) in [6, 6.07) is -0.894. The van der Waals surface area contributed by atoms with Crippen LogP contribution >= 0.6 is 0 Å². The second-order valence-corrected chi connectivity index (χ2v) is 4.26. The largest absolute Gasteiger partial charge is 0.480 e. The number of esters is 1. The Balaban J connectivity index is 4.15. The van der Waals surface area contributed by atoms with Crippen LogP contribution in [-0.4, -0.2) is 48.7 Å². The summed E-state index contributed by atoms with van der Waals surface area (Å²) in [4.78, 5) is 33.4. The Bertz CT molecular complexity index is 319. The standard InChI is InChI=1S/C12H22N2O5/c1-4-8(2)13-7-10(15)14-9(12(17)18)5-6-11(16)19-3/h8-9,13H,4-7H2,1-3H3,(H,14,15)(H,17,18)/t8?,9-/m1/s1. The first-order valence-electron chi connectivity index (χ1n) is 6.23. The van der Waals surface area contributed by atoms with Crippen LogP contribution in [0, 0.1) is 0 Å². The topological polar surface area (TPSA) is 105 Å². The van der Waals surface area contributed by atoms with Crippen molar-refractivity contribution < 1.29 is 24.2 Å². The molecule has 2 atom stereocenters. The maximum Gasteiger partial charge on any atom is 0.326 e. The van der Waals surface area contributed by atoms with Crippen LogP contribution in [0.15, 0.2) is 0 Å². The molecule has 1 amide bonds. The van der Waals surface area contributed by atoms with Crippen LogP contribution in [0.4, 0.5) is 0 Å². The molecule has 0 rings (SSSR count). The van der Waals surface area contributed by atoms with Crippen LogP contribution in [0.5, 0.6) is 0 Å². The summed E-state index contributed by atoms with van der Waals surface area (Å²) in [6.07, 6.45) is 0.835. The number of ether oxygens (including phenoxy) is 1. The van der Waals surface area contributed by atoms with E-state index in [1.807, 2.05) is 13.8 Å². The van der Waals surface area contributed by atoms with E-state index >= 15 is 0 Å². The Morgan fingerprint density at radius 3 is 2.42 bits per heavy atom. The molecule has 0 saturated carbocycles. The molecule has 0 aliphatic heterocycles.